The number of aryl methyl sites for hydroxylation is 2. The minimum Gasteiger partial charge on any atom is -0.508 e. The fraction of sp³-hybridized carbons (Fsp3) is 0.571. The Labute approximate surface area is 103 Å². The molecule has 0 aromatic heterocycles. The highest BCUT2D eigenvalue weighted by Crippen LogP contribution is 2.28. The summed E-state index contributed by atoms with van der Waals surface area (Å²) in [5.41, 5.74) is 9.12. The van der Waals surface area contributed by atoms with Gasteiger partial charge in [0.05, 0.1) is 0 Å². The van der Waals surface area contributed by atoms with E-state index in [2.05, 4.69) is 5.32 Å². The Morgan fingerprint density at radius 2 is 2.00 bits per heavy atom. The third-order valence-electron chi connectivity index (χ3n) is 3.62. The minimum atomic E-state index is 0.333. The van der Waals surface area contributed by atoms with Gasteiger partial charge in [-0.05, 0) is 62.8 Å². The summed E-state index contributed by atoms with van der Waals surface area (Å²) in [4.78, 5) is 0. The summed E-state index contributed by atoms with van der Waals surface area (Å²) in [7, 11) is 0. The zero-order chi connectivity index (χ0) is 12.4. The van der Waals surface area contributed by atoms with Gasteiger partial charge in [0.15, 0.2) is 0 Å². The molecular formula is C14H22N2O. The summed E-state index contributed by atoms with van der Waals surface area (Å²) in [5, 5.41) is 13.2. The van der Waals surface area contributed by atoms with E-state index in [-0.39, 0.29) is 0 Å². The van der Waals surface area contributed by atoms with Gasteiger partial charge in [-0.25, -0.2) is 0 Å². The number of rotatable bonds is 2. The molecule has 1 aromatic carbocycles. The Bertz CT molecular complexity index is 403. The van der Waals surface area contributed by atoms with Gasteiger partial charge in [-0.2, -0.15) is 0 Å². The van der Waals surface area contributed by atoms with Crippen LogP contribution in [0.25, 0.3) is 0 Å². The van der Waals surface area contributed by atoms with Gasteiger partial charge in [0.25, 0.3) is 0 Å². The Morgan fingerprint density at radius 1 is 1.24 bits per heavy atom. The molecule has 3 nitrogen and oxygen atoms in total. The molecule has 0 aliphatic heterocycles. The maximum absolute atomic E-state index is 9.62. The third kappa shape index (κ3) is 2.91. The van der Waals surface area contributed by atoms with E-state index in [0.29, 0.717) is 17.8 Å². The second-order valence-electron chi connectivity index (χ2n) is 5.22. The number of nitrogens with one attached hydrogen (secondary N) is 1. The van der Waals surface area contributed by atoms with E-state index in [1.807, 2.05) is 26.0 Å². The number of anilines is 1. The van der Waals surface area contributed by atoms with Crippen molar-refractivity contribution in [2.45, 2.75) is 51.6 Å². The van der Waals surface area contributed by atoms with Crippen LogP contribution in [0.5, 0.6) is 5.75 Å². The molecule has 4 N–H and O–H groups in total. The zero-order valence-electron chi connectivity index (χ0n) is 10.7. The molecular weight excluding hydrogens is 212 g/mol. The number of phenols is 1. The predicted molar refractivity (Wildman–Crippen MR) is 71.4 cm³/mol. The standard InChI is InChI=1S/C14H22N2O/c1-9-7-14(17)10(2)6-13(9)16-12-5-3-4-11(15)8-12/h6-7,11-12,16-17H,3-5,8,15H2,1-2H3. The van der Waals surface area contributed by atoms with E-state index in [0.717, 1.165) is 29.7 Å². The predicted octanol–water partition coefficient (Wildman–Crippen LogP) is 2.69. The highest BCUT2D eigenvalue weighted by Gasteiger charge is 2.19. The molecule has 1 aliphatic rings. The van der Waals surface area contributed by atoms with Gasteiger partial charge in [0.1, 0.15) is 5.75 Å². The molecule has 17 heavy (non-hydrogen) atoms. The van der Waals surface area contributed by atoms with Crippen LogP contribution in [0, 0.1) is 13.8 Å². The largest absolute Gasteiger partial charge is 0.508 e. The highest BCUT2D eigenvalue weighted by atomic mass is 16.3. The number of phenolic OH excluding ortho intramolecular Hbond substituents is 1. The fourth-order valence-electron chi connectivity index (χ4n) is 2.54. The summed E-state index contributed by atoms with van der Waals surface area (Å²) in [6.07, 6.45) is 4.58. The number of hydrogen-bond donors (Lipinski definition) is 3. The number of aromatic hydroxyl groups is 1. The topological polar surface area (TPSA) is 58.3 Å². The van der Waals surface area contributed by atoms with Crippen LogP contribution in [-0.4, -0.2) is 17.2 Å². The van der Waals surface area contributed by atoms with Crippen molar-refractivity contribution in [2.75, 3.05) is 5.32 Å². The van der Waals surface area contributed by atoms with Crippen LogP contribution in [0.15, 0.2) is 12.1 Å². The summed E-state index contributed by atoms with van der Waals surface area (Å²) in [6.45, 7) is 3.94. The fourth-order valence-corrected chi connectivity index (χ4v) is 2.54. The van der Waals surface area contributed by atoms with E-state index in [1.165, 1.54) is 12.8 Å². The molecule has 2 rings (SSSR count). The lowest BCUT2D eigenvalue weighted by molar-refractivity contribution is 0.409. The van der Waals surface area contributed by atoms with Crippen molar-refractivity contribution in [1.29, 1.82) is 0 Å². The molecule has 0 bridgehead atoms. The Kier molecular flexibility index (Phi) is 3.57. The minimum absolute atomic E-state index is 0.333. The molecule has 0 spiro atoms. The molecule has 0 saturated heterocycles. The Hall–Kier alpha value is -1.22. The molecule has 1 aliphatic carbocycles. The van der Waals surface area contributed by atoms with Gasteiger partial charge in [-0.3, -0.25) is 0 Å². The molecule has 0 amide bonds. The van der Waals surface area contributed by atoms with E-state index in [9.17, 15) is 5.11 Å². The SMILES string of the molecule is Cc1cc(NC2CCCC(N)C2)c(C)cc1O. The van der Waals surface area contributed by atoms with E-state index in [4.69, 9.17) is 5.73 Å². The number of nitrogens with two attached hydrogens (primary N) is 1. The van der Waals surface area contributed by atoms with Crippen molar-refractivity contribution in [1.82, 2.24) is 0 Å². The van der Waals surface area contributed by atoms with Crippen molar-refractivity contribution < 1.29 is 5.11 Å². The van der Waals surface area contributed by atoms with Gasteiger partial charge in [-0.15, -0.1) is 0 Å². The lowest BCUT2D eigenvalue weighted by atomic mass is 9.91. The summed E-state index contributed by atoms with van der Waals surface area (Å²) < 4.78 is 0. The monoisotopic (exact) mass is 234 g/mol. The van der Waals surface area contributed by atoms with Crippen LogP contribution >= 0.6 is 0 Å². The smallest absolute Gasteiger partial charge is 0.118 e. The van der Waals surface area contributed by atoms with Crippen molar-refractivity contribution >= 4 is 5.69 Å². The van der Waals surface area contributed by atoms with E-state index >= 15 is 0 Å². The first kappa shape index (κ1) is 12.2. The van der Waals surface area contributed by atoms with Gasteiger partial charge >= 0.3 is 0 Å². The zero-order valence-corrected chi connectivity index (χ0v) is 10.7. The molecule has 1 saturated carbocycles. The molecule has 1 aromatic rings. The molecule has 1 fully saturated rings. The van der Waals surface area contributed by atoms with Gasteiger partial charge in [0, 0.05) is 17.8 Å². The average molecular weight is 234 g/mol. The summed E-state index contributed by atoms with van der Waals surface area (Å²) in [5.74, 6) is 0.369. The quantitative estimate of drug-likeness (QED) is 0.690. The average Bonchev–Trinajstić information content (AvgIpc) is 2.26. The van der Waals surface area contributed by atoms with Crippen molar-refractivity contribution in [3.05, 3.63) is 23.3 Å². The van der Waals surface area contributed by atoms with Crippen molar-refractivity contribution in [3.63, 3.8) is 0 Å². The van der Waals surface area contributed by atoms with Crippen LogP contribution in [0.1, 0.15) is 36.8 Å². The van der Waals surface area contributed by atoms with Gasteiger partial charge in [-0.1, -0.05) is 0 Å². The lowest BCUT2D eigenvalue weighted by Crippen LogP contribution is -2.35. The van der Waals surface area contributed by atoms with Crippen LogP contribution in [0.4, 0.5) is 5.69 Å². The third-order valence-corrected chi connectivity index (χ3v) is 3.62. The maximum atomic E-state index is 9.62. The second kappa shape index (κ2) is 4.96. The number of benzene rings is 1. The van der Waals surface area contributed by atoms with E-state index < -0.39 is 0 Å². The Morgan fingerprint density at radius 3 is 2.71 bits per heavy atom. The first-order valence-corrected chi connectivity index (χ1v) is 6.38. The molecule has 0 heterocycles. The first-order chi connectivity index (χ1) is 8.06. The summed E-state index contributed by atoms with van der Waals surface area (Å²) in [6, 6.07) is 4.65. The molecule has 0 radical (unpaired) electrons. The normalized spacial score (nSPS) is 24.6. The lowest BCUT2D eigenvalue weighted by Gasteiger charge is -2.29. The molecule has 94 valence electrons. The van der Waals surface area contributed by atoms with Crippen LogP contribution in [0.3, 0.4) is 0 Å². The van der Waals surface area contributed by atoms with E-state index in [1.54, 1.807) is 0 Å². The first-order valence-electron chi connectivity index (χ1n) is 6.38. The Balaban J connectivity index is 2.10. The molecule has 2 unspecified atom stereocenters. The number of hydrogen-bond acceptors (Lipinski definition) is 3. The second-order valence-corrected chi connectivity index (χ2v) is 5.22. The van der Waals surface area contributed by atoms with Crippen LogP contribution < -0.4 is 11.1 Å². The molecule has 3 heteroatoms. The van der Waals surface area contributed by atoms with Gasteiger partial charge < -0.3 is 16.2 Å². The summed E-state index contributed by atoms with van der Waals surface area (Å²) >= 11 is 0. The van der Waals surface area contributed by atoms with Gasteiger partial charge in [0.2, 0.25) is 0 Å². The molecule has 2 atom stereocenters. The van der Waals surface area contributed by atoms with Crippen molar-refractivity contribution in [2.24, 2.45) is 5.73 Å². The van der Waals surface area contributed by atoms with Crippen LogP contribution in [-0.2, 0) is 0 Å². The van der Waals surface area contributed by atoms with Crippen LogP contribution in [0.2, 0.25) is 0 Å². The van der Waals surface area contributed by atoms with Crippen molar-refractivity contribution in [3.8, 4) is 5.75 Å². The maximum Gasteiger partial charge on any atom is 0.118 e. The highest BCUT2D eigenvalue weighted by molar-refractivity contribution is 5.57.